The first kappa shape index (κ1) is 15.7. The molecule has 5 nitrogen and oxygen atoms in total. The minimum atomic E-state index is 0. The summed E-state index contributed by atoms with van der Waals surface area (Å²) in [6, 6.07) is 0. The molecular weight excluding hydrogens is 114 g/mol. The second-order valence-electron chi connectivity index (χ2n) is 0.596. The van der Waals surface area contributed by atoms with Crippen molar-refractivity contribution in [1.29, 1.82) is 0 Å². The van der Waals surface area contributed by atoms with Crippen molar-refractivity contribution in [3.8, 4) is 0 Å². The zero-order chi connectivity index (χ0) is 6.12. The molecule has 0 fully saturated rings. The van der Waals surface area contributed by atoms with Crippen molar-refractivity contribution in [3.05, 3.63) is 0 Å². The highest BCUT2D eigenvalue weighted by Crippen LogP contribution is 1.33. The van der Waals surface area contributed by atoms with Gasteiger partial charge in [-0.25, -0.2) is 0 Å². The van der Waals surface area contributed by atoms with Gasteiger partial charge in [0.2, 0.25) is 0 Å². The van der Waals surface area contributed by atoms with E-state index in [1.54, 1.807) is 0 Å². The Morgan fingerprint density at radius 3 is 1.62 bits per heavy atom. The third-order valence-electron chi connectivity index (χ3n) is 0.129. The molecule has 8 heavy (non-hydrogen) atoms. The summed E-state index contributed by atoms with van der Waals surface area (Å²) < 4.78 is 0. The Labute approximate surface area is 46.4 Å². The first-order chi connectivity index (χ1) is 3.33. The highest BCUT2D eigenvalue weighted by molar-refractivity contribution is 5.20. The van der Waals surface area contributed by atoms with Crippen molar-refractivity contribution < 1.29 is 20.2 Å². The van der Waals surface area contributed by atoms with E-state index in [0.29, 0.717) is 6.54 Å². The monoisotopic (exact) mass is 123 g/mol. The lowest BCUT2D eigenvalue weighted by atomic mass is 10.8. The molecule has 0 atom stereocenters. The molecule has 0 spiro atoms. The van der Waals surface area contributed by atoms with Gasteiger partial charge in [-0.1, -0.05) is 0 Å². The van der Waals surface area contributed by atoms with Crippen LogP contribution in [0.3, 0.4) is 0 Å². The first-order valence-electron chi connectivity index (χ1n) is 1.63. The van der Waals surface area contributed by atoms with Crippen LogP contribution in [0.5, 0.6) is 0 Å². The zero-order valence-corrected chi connectivity index (χ0v) is 4.26. The molecule has 0 rings (SSSR count). The standard InChI is InChI=1S/C2H7NO.CO2.H2O/c3-1-2-4;2-1-3;/h4H,1-3H2;;1H2. The van der Waals surface area contributed by atoms with Gasteiger partial charge < -0.3 is 16.3 Å². The number of rotatable bonds is 1. The summed E-state index contributed by atoms with van der Waals surface area (Å²) in [5.74, 6) is 0. The Morgan fingerprint density at radius 1 is 1.50 bits per heavy atom. The van der Waals surface area contributed by atoms with Crippen LogP contribution in [-0.4, -0.2) is 29.9 Å². The summed E-state index contributed by atoms with van der Waals surface area (Å²) in [4.78, 5) is 16.2. The Kier molecular flexibility index (Phi) is 66.5. The Hall–Kier alpha value is -0.740. The van der Waals surface area contributed by atoms with Crippen LogP contribution in [0.25, 0.3) is 0 Å². The third-order valence-corrected chi connectivity index (χ3v) is 0.129. The second-order valence-corrected chi connectivity index (χ2v) is 0.596. The molecule has 5 heteroatoms. The summed E-state index contributed by atoms with van der Waals surface area (Å²) in [7, 11) is 0. The molecule has 0 aliphatic heterocycles. The van der Waals surface area contributed by atoms with Gasteiger partial charge >= 0.3 is 6.15 Å². The quantitative estimate of drug-likeness (QED) is 0.402. The Morgan fingerprint density at radius 2 is 1.62 bits per heavy atom. The van der Waals surface area contributed by atoms with Gasteiger partial charge in [0, 0.05) is 6.54 Å². The van der Waals surface area contributed by atoms with E-state index in [1.165, 1.54) is 0 Å². The Bertz CT molecular complexity index is 47.2. The highest BCUT2D eigenvalue weighted by Gasteiger charge is 1.56. The molecule has 0 unspecified atom stereocenters. The molecule has 0 aromatic rings. The van der Waals surface area contributed by atoms with Crippen LogP contribution in [-0.2, 0) is 9.59 Å². The van der Waals surface area contributed by atoms with E-state index in [1.807, 2.05) is 0 Å². The van der Waals surface area contributed by atoms with Gasteiger partial charge in [0.25, 0.3) is 0 Å². The number of hydrogen-bond donors (Lipinski definition) is 2. The molecular formula is C3H9NO4. The van der Waals surface area contributed by atoms with E-state index >= 15 is 0 Å². The first-order valence-corrected chi connectivity index (χ1v) is 1.63. The lowest BCUT2D eigenvalue weighted by molar-refractivity contribution is -0.191. The van der Waals surface area contributed by atoms with E-state index in [2.05, 4.69) is 0 Å². The smallest absolute Gasteiger partial charge is 0.373 e. The number of hydrogen-bond acceptors (Lipinski definition) is 4. The van der Waals surface area contributed by atoms with Crippen LogP contribution in [0.2, 0.25) is 0 Å². The summed E-state index contributed by atoms with van der Waals surface area (Å²) in [5, 5.41) is 7.75. The second kappa shape index (κ2) is 33.9. The van der Waals surface area contributed by atoms with E-state index < -0.39 is 0 Å². The fourth-order valence-electron chi connectivity index (χ4n) is 0. The van der Waals surface area contributed by atoms with Gasteiger partial charge in [-0.2, -0.15) is 9.59 Å². The average Bonchev–Trinajstić information content (AvgIpc) is 1.69. The molecule has 50 valence electrons. The van der Waals surface area contributed by atoms with Gasteiger partial charge in [0.05, 0.1) is 6.61 Å². The number of carbonyl (C=O) groups excluding carboxylic acids is 2. The molecule has 5 N–H and O–H groups in total. The van der Waals surface area contributed by atoms with Crippen LogP contribution in [0.15, 0.2) is 0 Å². The van der Waals surface area contributed by atoms with Gasteiger partial charge in [0.1, 0.15) is 0 Å². The van der Waals surface area contributed by atoms with Crippen molar-refractivity contribution in [2.24, 2.45) is 5.73 Å². The van der Waals surface area contributed by atoms with Crippen molar-refractivity contribution in [2.75, 3.05) is 13.2 Å². The molecule has 0 aliphatic rings. The summed E-state index contributed by atoms with van der Waals surface area (Å²) >= 11 is 0. The van der Waals surface area contributed by atoms with E-state index in [4.69, 9.17) is 20.4 Å². The van der Waals surface area contributed by atoms with Crippen LogP contribution in [0, 0.1) is 0 Å². The molecule has 0 saturated carbocycles. The zero-order valence-electron chi connectivity index (χ0n) is 4.26. The highest BCUT2D eigenvalue weighted by atomic mass is 16.3. The number of aliphatic hydroxyl groups is 1. The fourth-order valence-corrected chi connectivity index (χ4v) is 0. The minimum absolute atomic E-state index is 0. The van der Waals surface area contributed by atoms with E-state index in [0.717, 1.165) is 0 Å². The fraction of sp³-hybridized carbons (Fsp3) is 0.667. The molecule has 0 aliphatic carbocycles. The number of nitrogens with two attached hydrogens (primary N) is 1. The normalized spacial score (nSPS) is 4.75. The van der Waals surface area contributed by atoms with Crippen LogP contribution in [0.1, 0.15) is 0 Å². The van der Waals surface area contributed by atoms with Crippen molar-refractivity contribution in [1.82, 2.24) is 0 Å². The third kappa shape index (κ3) is 1410. The van der Waals surface area contributed by atoms with Gasteiger partial charge in [-0.05, 0) is 0 Å². The molecule has 0 amide bonds. The summed E-state index contributed by atoms with van der Waals surface area (Å²) in [6.07, 6.45) is 0.250. The number of aliphatic hydroxyl groups excluding tert-OH is 1. The van der Waals surface area contributed by atoms with Crippen molar-refractivity contribution in [2.45, 2.75) is 0 Å². The lowest BCUT2D eigenvalue weighted by Gasteiger charge is -1.71. The molecule has 0 bridgehead atoms. The van der Waals surface area contributed by atoms with Crippen molar-refractivity contribution >= 4 is 6.15 Å². The van der Waals surface area contributed by atoms with Gasteiger partial charge in [-0.3, -0.25) is 0 Å². The predicted molar refractivity (Wildman–Crippen MR) is 24.8 cm³/mol. The topological polar surface area (TPSA) is 112 Å². The molecule has 0 saturated heterocycles. The van der Waals surface area contributed by atoms with Crippen LogP contribution < -0.4 is 5.73 Å². The average molecular weight is 123 g/mol. The lowest BCUT2D eigenvalue weighted by Crippen LogP contribution is -2.02. The molecule has 0 heterocycles. The maximum atomic E-state index is 8.12. The minimum Gasteiger partial charge on any atom is -0.412 e. The maximum Gasteiger partial charge on any atom is 0.373 e. The van der Waals surface area contributed by atoms with Crippen LogP contribution in [0.4, 0.5) is 0 Å². The van der Waals surface area contributed by atoms with Crippen LogP contribution >= 0.6 is 0 Å². The van der Waals surface area contributed by atoms with Crippen molar-refractivity contribution in [3.63, 3.8) is 0 Å². The van der Waals surface area contributed by atoms with E-state index in [9.17, 15) is 0 Å². The summed E-state index contributed by atoms with van der Waals surface area (Å²) in [6.45, 7) is 0.472. The largest absolute Gasteiger partial charge is 0.412 e. The molecule has 0 aromatic heterocycles. The Balaban J connectivity index is -0.0000000575. The van der Waals surface area contributed by atoms with E-state index in [-0.39, 0.29) is 18.2 Å². The van der Waals surface area contributed by atoms with Gasteiger partial charge in [0.15, 0.2) is 0 Å². The predicted octanol–water partition coefficient (Wildman–Crippen LogP) is -2.47. The molecule has 0 aromatic carbocycles. The molecule has 0 radical (unpaired) electrons. The summed E-state index contributed by atoms with van der Waals surface area (Å²) in [5.41, 5.74) is 4.78. The maximum absolute atomic E-state index is 8.12. The SMILES string of the molecule is NCCO.O.O=C=O. The van der Waals surface area contributed by atoms with Gasteiger partial charge in [-0.15, -0.1) is 0 Å².